The molecule has 0 saturated carbocycles. The van der Waals surface area contributed by atoms with E-state index >= 15 is 0 Å². The molecule has 4 nitrogen and oxygen atoms in total. The highest BCUT2D eigenvalue weighted by atomic mass is 35.5. The number of hydrogen-bond donors (Lipinski definition) is 1. The van der Waals surface area contributed by atoms with Crippen LogP contribution in [0.3, 0.4) is 0 Å². The molecule has 0 spiro atoms. The zero-order valence-electron chi connectivity index (χ0n) is 13.8. The molecule has 0 saturated heterocycles. The minimum absolute atomic E-state index is 0.0295. The lowest BCUT2D eigenvalue weighted by molar-refractivity contribution is -0.116. The van der Waals surface area contributed by atoms with E-state index in [1.165, 1.54) is 0 Å². The van der Waals surface area contributed by atoms with Crippen molar-refractivity contribution in [1.29, 1.82) is 0 Å². The molecule has 0 radical (unpaired) electrons. The Labute approximate surface area is 146 Å². The molecule has 0 heterocycles. The summed E-state index contributed by atoms with van der Waals surface area (Å²) in [6.07, 6.45) is 1.28. The molecule has 5 heteroatoms. The highest BCUT2D eigenvalue weighted by molar-refractivity contribution is 6.30. The second kappa shape index (κ2) is 8.50. The largest absolute Gasteiger partial charge is 0.485 e. The molecular formula is C19H20ClNO3. The van der Waals surface area contributed by atoms with Gasteiger partial charge in [0.2, 0.25) is 5.91 Å². The molecular weight excluding hydrogens is 326 g/mol. The Hall–Kier alpha value is -2.33. The third kappa shape index (κ3) is 5.10. The Kier molecular flexibility index (Phi) is 6.38. The SMILES string of the molecule is CCCC(=O)Nc1ccc(C(=O)COc2ccc(Cl)cc2C)cc1. The van der Waals surface area contributed by atoms with Gasteiger partial charge in [-0.15, -0.1) is 0 Å². The fraction of sp³-hybridized carbons (Fsp3) is 0.263. The van der Waals surface area contributed by atoms with Crippen molar-refractivity contribution in [3.05, 3.63) is 58.6 Å². The summed E-state index contributed by atoms with van der Waals surface area (Å²) in [6.45, 7) is 3.77. The number of carbonyl (C=O) groups is 2. The maximum atomic E-state index is 12.2. The van der Waals surface area contributed by atoms with Crippen molar-refractivity contribution in [3.8, 4) is 5.75 Å². The zero-order chi connectivity index (χ0) is 17.5. The first-order valence-electron chi connectivity index (χ1n) is 7.81. The predicted molar refractivity (Wildman–Crippen MR) is 96.0 cm³/mol. The van der Waals surface area contributed by atoms with Crippen LogP contribution in [-0.4, -0.2) is 18.3 Å². The number of anilines is 1. The van der Waals surface area contributed by atoms with Gasteiger partial charge in [-0.3, -0.25) is 9.59 Å². The van der Waals surface area contributed by atoms with Gasteiger partial charge in [0, 0.05) is 22.7 Å². The molecule has 0 aliphatic heterocycles. The van der Waals surface area contributed by atoms with Crippen LogP contribution in [0, 0.1) is 6.92 Å². The number of ether oxygens (including phenoxy) is 1. The summed E-state index contributed by atoms with van der Waals surface area (Å²) < 4.78 is 5.56. The van der Waals surface area contributed by atoms with E-state index in [-0.39, 0.29) is 18.3 Å². The molecule has 1 amide bonds. The summed E-state index contributed by atoms with van der Waals surface area (Å²) >= 11 is 5.89. The van der Waals surface area contributed by atoms with Gasteiger partial charge in [0.15, 0.2) is 12.4 Å². The third-order valence-electron chi connectivity index (χ3n) is 3.46. The minimum Gasteiger partial charge on any atom is -0.485 e. The Bertz CT molecular complexity index is 726. The van der Waals surface area contributed by atoms with Crippen LogP contribution in [0.15, 0.2) is 42.5 Å². The van der Waals surface area contributed by atoms with Crippen molar-refractivity contribution >= 4 is 29.0 Å². The van der Waals surface area contributed by atoms with E-state index < -0.39 is 0 Å². The second-order valence-electron chi connectivity index (χ2n) is 5.50. The number of carbonyl (C=O) groups excluding carboxylic acids is 2. The van der Waals surface area contributed by atoms with Crippen molar-refractivity contribution in [2.75, 3.05) is 11.9 Å². The van der Waals surface area contributed by atoms with Gasteiger partial charge in [-0.05, 0) is 61.4 Å². The summed E-state index contributed by atoms with van der Waals surface area (Å²) in [5.41, 5.74) is 2.10. The summed E-state index contributed by atoms with van der Waals surface area (Å²) in [5.74, 6) is 0.477. The molecule has 2 rings (SSSR count). The van der Waals surface area contributed by atoms with E-state index in [1.807, 2.05) is 13.8 Å². The molecule has 0 aliphatic carbocycles. The summed E-state index contributed by atoms with van der Waals surface area (Å²) in [6, 6.07) is 12.1. The average Bonchev–Trinajstić information content (AvgIpc) is 2.54. The molecule has 1 N–H and O–H groups in total. The molecule has 24 heavy (non-hydrogen) atoms. The smallest absolute Gasteiger partial charge is 0.224 e. The topological polar surface area (TPSA) is 55.4 Å². The fourth-order valence-corrected chi connectivity index (χ4v) is 2.42. The Morgan fingerprint density at radius 1 is 1.12 bits per heavy atom. The molecule has 0 atom stereocenters. The maximum Gasteiger partial charge on any atom is 0.224 e. The highest BCUT2D eigenvalue weighted by Gasteiger charge is 2.09. The van der Waals surface area contributed by atoms with Crippen LogP contribution in [0.4, 0.5) is 5.69 Å². The van der Waals surface area contributed by atoms with Gasteiger partial charge in [-0.2, -0.15) is 0 Å². The monoisotopic (exact) mass is 345 g/mol. The van der Waals surface area contributed by atoms with Crippen LogP contribution in [0.1, 0.15) is 35.7 Å². The molecule has 0 fully saturated rings. The number of aryl methyl sites for hydroxylation is 1. The number of rotatable bonds is 7. The minimum atomic E-state index is -0.129. The average molecular weight is 346 g/mol. The van der Waals surface area contributed by atoms with Gasteiger partial charge in [0.25, 0.3) is 0 Å². The first-order chi connectivity index (χ1) is 11.5. The first kappa shape index (κ1) is 18.0. The lowest BCUT2D eigenvalue weighted by Gasteiger charge is -2.09. The predicted octanol–water partition coefficient (Wildman–Crippen LogP) is 4.65. The molecule has 0 bridgehead atoms. The van der Waals surface area contributed by atoms with Crippen LogP contribution < -0.4 is 10.1 Å². The van der Waals surface area contributed by atoms with Gasteiger partial charge in [0.05, 0.1) is 0 Å². The normalized spacial score (nSPS) is 10.3. The number of ketones is 1. The van der Waals surface area contributed by atoms with Gasteiger partial charge in [-0.25, -0.2) is 0 Å². The second-order valence-corrected chi connectivity index (χ2v) is 5.93. The summed E-state index contributed by atoms with van der Waals surface area (Å²) in [5, 5.41) is 3.42. The molecule has 126 valence electrons. The van der Waals surface area contributed by atoms with Crippen molar-refractivity contribution in [2.24, 2.45) is 0 Å². The maximum absolute atomic E-state index is 12.2. The van der Waals surface area contributed by atoms with Gasteiger partial charge in [0.1, 0.15) is 5.75 Å². The number of halogens is 1. The van der Waals surface area contributed by atoms with E-state index in [0.29, 0.717) is 28.4 Å². The fourth-order valence-electron chi connectivity index (χ4n) is 2.19. The quantitative estimate of drug-likeness (QED) is 0.743. The first-order valence-corrected chi connectivity index (χ1v) is 8.19. The van der Waals surface area contributed by atoms with E-state index in [2.05, 4.69) is 5.32 Å². The van der Waals surface area contributed by atoms with Crippen LogP contribution in [0.5, 0.6) is 5.75 Å². The van der Waals surface area contributed by atoms with E-state index in [4.69, 9.17) is 16.3 Å². The van der Waals surface area contributed by atoms with Crippen LogP contribution in [0.25, 0.3) is 0 Å². The molecule has 0 unspecified atom stereocenters. The standard InChI is InChI=1S/C19H20ClNO3/c1-3-4-19(23)21-16-8-5-14(6-9-16)17(22)12-24-18-10-7-15(20)11-13(18)2/h5-11H,3-4,12H2,1-2H3,(H,21,23). The van der Waals surface area contributed by atoms with Crippen LogP contribution in [0.2, 0.25) is 5.02 Å². The summed E-state index contributed by atoms with van der Waals surface area (Å²) in [7, 11) is 0. The Balaban J connectivity index is 1.93. The van der Waals surface area contributed by atoms with E-state index in [1.54, 1.807) is 42.5 Å². The number of Topliss-reactive ketones (excluding diaryl/α,β-unsaturated/α-hetero) is 1. The van der Waals surface area contributed by atoms with Crippen molar-refractivity contribution in [3.63, 3.8) is 0 Å². The number of hydrogen-bond acceptors (Lipinski definition) is 3. The van der Waals surface area contributed by atoms with E-state index in [9.17, 15) is 9.59 Å². The van der Waals surface area contributed by atoms with E-state index in [0.717, 1.165) is 12.0 Å². The Morgan fingerprint density at radius 2 is 1.83 bits per heavy atom. The molecule has 0 aromatic heterocycles. The number of amides is 1. The third-order valence-corrected chi connectivity index (χ3v) is 3.70. The van der Waals surface area contributed by atoms with Gasteiger partial charge < -0.3 is 10.1 Å². The molecule has 2 aromatic rings. The van der Waals surface area contributed by atoms with Crippen molar-refractivity contribution in [2.45, 2.75) is 26.7 Å². The highest BCUT2D eigenvalue weighted by Crippen LogP contribution is 2.22. The zero-order valence-corrected chi connectivity index (χ0v) is 14.5. The van der Waals surface area contributed by atoms with Crippen LogP contribution >= 0.6 is 11.6 Å². The van der Waals surface area contributed by atoms with Crippen molar-refractivity contribution in [1.82, 2.24) is 0 Å². The lowest BCUT2D eigenvalue weighted by atomic mass is 10.1. The Morgan fingerprint density at radius 3 is 2.46 bits per heavy atom. The molecule has 0 aliphatic rings. The number of nitrogens with one attached hydrogen (secondary N) is 1. The number of benzene rings is 2. The van der Waals surface area contributed by atoms with Crippen LogP contribution in [-0.2, 0) is 4.79 Å². The van der Waals surface area contributed by atoms with Gasteiger partial charge >= 0.3 is 0 Å². The molecule has 2 aromatic carbocycles. The summed E-state index contributed by atoms with van der Waals surface area (Å²) in [4.78, 5) is 23.7. The van der Waals surface area contributed by atoms with Gasteiger partial charge in [-0.1, -0.05) is 18.5 Å². The van der Waals surface area contributed by atoms with Crippen molar-refractivity contribution < 1.29 is 14.3 Å². The lowest BCUT2D eigenvalue weighted by Crippen LogP contribution is -2.13.